The lowest BCUT2D eigenvalue weighted by Gasteiger charge is -1.98. The SMILES string of the molecule is Cn1nc(CC(=O)O)c(Br)c1-c1ccc[nH]1. The summed E-state index contributed by atoms with van der Waals surface area (Å²) >= 11 is 3.39. The molecule has 2 N–H and O–H groups in total. The van der Waals surface area contributed by atoms with Crippen LogP contribution in [-0.2, 0) is 18.3 Å². The van der Waals surface area contributed by atoms with Gasteiger partial charge in [0.25, 0.3) is 0 Å². The van der Waals surface area contributed by atoms with Gasteiger partial charge in [-0.25, -0.2) is 0 Å². The number of aromatic amines is 1. The summed E-state index contributed by atoms with van der Waals surface area (Å²) in [5, 5.41) is 12.9. The van der Waals surface area contributed by atoms with Crippen LogP contribution in [0.1, 0.15) is 5.69 Å². The lowest BCUT2D eigenvalue weighted by atomic mass is 10.2. The number of carbonyl (C=O) groups is 1. The van der Waals surface area contributed by atoms with Crippen LogP contribution in [0.4, 0.5) is 0 Å². The van der Waals surface area contributed by atoms with Gasteiger partial charge in [0.05, 0.1) is 28.0 Å². The number of aromatic nitrogens is 3. The lowest BCUT2D eigenvalue weighted by molar-refractivity contribution is -0.136. The van der Waals surface area contributed by atoms with Gasteiger partial charge in [0.15, 0.2) is 0 Å². The van der Waals surface area contributed by atoms with Crippen LogP contribution in [0, 0.1) is 0 Å². The van der Waals surface area contributed by atoms with E-state index in [-0.39, 0.29) is 6.42 Å². The Labute approximate surface area is 100 Å². The van der Waals surface area contributed by atoms with E-state index in [9.17, 15) is 4.79 Å². The smallest absolute Gasteiger partial charge is 0.309 e. The Morgan fingerprint density at radius 2 is 2.44 bits per heavy atom. The highest BCUT2D eigenvalue weighted by Crippen LogP contribution is 2.29. The third kappa shape index (κ3) is 1.88. The van der Waals surface area contributed by atoms with Crippen molar-refractivity contribution in [2.75, 3.05) is 0 Å². The molecule has 0 aliphatic carbocycles. The van der Waals surface area contributed by atoms with Gasteiger partial charge in [0.1, 0.15) is 0 Å². The molecule has 16 heavy (non-hydrogen) atoms. The predicted octanol–water partition coefficient (Wildman–Crippen LogP) is 1.80. The average Bonchev–Trinajstić information content (AvgIpc) is 2.76. The van der Waals surface area contributed by atoms with Gasteiger partial charge in [0.2, 0.25) is 0 Å². The van der Waals surface area contributed by atoms with Crippen molar-refractivity contribution in [3.05, 3.63) is 28.5 Å². The zero-order valence-electron chi connectivity index (χ0n) is 8.57. The van der Waals surface area contributed by atoms with Crippen molar-refractivity contribution in [1.82, 2.24) is 14.8 Å². The molecule has 5 nitrogen and oxygen atoms in total. The third-order valence-corrected chi connectivity index (χ3v) is 3.06. The molecule has 2 rings (SSSR count). The van der Waals surface area contributed by atoms with Gasteiger partial charge < -0.3 is 10.1 Å². The van der Waals surface area contributed by atoms with Crippen molar-refractivity contribution in [3.63, 3.8) is 0 Å². The first-order valence-corrected chi connectivity index (χ1v) is 5.46. The van der Waals surface area contributed by atoms with Gasteiger partial charge in [0, 0.05) is 13.2 Å². The molecule has 0 unspecified atom stereocenters. The standard InChI is InChI=1S/C10H10BrN3O2/c1-14-10(6-3-2-4-12-6)9(11)7(13-14)5-8(15)16/h2-4,12H,5H2,1H3,(H,15,16). The molecule has 0 saturated carbocycles. The van der Waals surface area contributed by atoms with Crippen LogP contribution in [0.25, 0.3) is 11.4 Å². The van der Waals surface area contributed by atoms with Gasteiger partial charge in [-0.2, -0.15) is 5.10 Å². The summed E-state index contributed by atoms with van der Waals surface area (Å²) in [6.07, 6.45) is 1.72. The highest BCUT2D eigenvalue weighted by molar-refractivity contribution is 9.10. The zero-order chi connectivity index (χ0) is 11.7. The van der Waals surface area contributed by atoms with Gasteiger partial charge in [-0.15, -0.1) is 0 Å². The highest BCUT2D eigenvalue weighted by Gasteiger charge is 2.17. The average molecular weight is 284 g/mol. The molecule has 0 spiro atoms. The maximum absolute atomic E-state index is 10.7. The second-order valence-electron chi connectivity index (χ2n) is 3.39. The van der Waals surface area contributed by atoms with E-state index in [0.29, 0.717) is 5.69 Å². The molecule has 0 saturated heterocycles. The molecular weight excluding hydrogens is 274 g/mol. The van der Waals surface area contributed by atoms with Crippen molar-refractivity contribution < 1.29 is 9.90 Å². The minimum Gasteiger partial charge on any atom is -0.481 e. The van der Waals surface area contributed by atoms with Crippen molar-refractivity contribution in [3.8, 4) is 11.4 Å². The molecular formula is C10H10BrN3O2. The van der Waals surface area contributed by atoms with E-state index < -0.39 is 5.97 Å². The molecule has 6 heteroatoms. The maximum Gasteiger partial charge on any atom is 0.309 e. The van der Waals surface area contributed by atoms with Crippen molar-refractivity contribution in [2.24, 2.45) is 7.05 Å². The van der Waals surface area contributed by atoms with Crippen LogP contribution in [0.3, 0.4) is 0 Å². The summed E-state index contributed by atoms with van der Waals surface area (Å²) in [6.45, 7) is 0. The molecule has 0 aliphatic heterocycles. The number of carboxylic acids is 1. The molecule has 0 radical (unpaired) electrons. The fourth-order valence-electron chi connectivity index (χ4n) is 1.58. The fourth-order valence-corrected chi connectivity index (χ4v) is 2.27. The lowest BCUT2D eigenvalue weighted by Crippen LogP contribution is -2.02. The maximum atomic E-state index is 10.7. The summed E-state index contributed by atoms with van der Waals surface area (Å²) in [4.78, 5) is 13.7. The largest absolute Gasteiger partial charge is 0.481 e. The van der Waals surface area contributed by atoms with E-state index in [0.717, 1.165) is 15.9 Å². The van der Waals surface area contributed by atoms with E-state index in [1.165, 1.54) is 0 Å². The first kappa shape index (κ1) is 10.9. The zero-order valence-corrected chi connectivity index (χ0v) is 10.2. The predicted molar refractivity (Wildman–Crippen MR) is 62.0 cm³/mol. The molecule has 0 aromatic carbocycles. The van der Waals surface area contributed by atoms with E-state index in [1.54, 1.807) is 11.7 Å². The number of carboxylic acid groups (broad SMARTS) is 1. The normalized spacial score (nSPS) is 10.6. The molecule has 0 amide bonds. The molecule has 0 aliphatic rings. The topological polar surface area (TPSA) is 70.9 Å². The molecule has 0 atom stereocenters. The first-order valence-electron chi connectivity index (χ1n) is 4.66. The minimum absolute atomic E-state index is 0.0882. The second kappa shape index (κ2) is 4.13. The number of hydrogen-bond donors (Lipinski definition) is 2. The first-order chi connectivity index (χ1) is 7.59. The van der Waals surface area contributed by atoms with E-state index >= 15 is 0 Å². The van der Waals surface area contributed by atoms with Crippen molar-refractivity contribution in [2.45, 2.75) is 6.42 Å². The van der Waals surface area contributed by atoms with Crippen molar-refractivity contribution >= 4 is 21.9 Å². The monoisotopic (exact) mass is 283 g/mol. The molecule has 2 aromatic rings. The van der Waals surface area contributed by atoms with Crippen LogP contribution in [0.15, 0.2) is 22.8 Å². The Morgan fingerprint density at radius 1 is 1.69 bits per heavy atom. The minimum atomic E-state index is -0.892. The number of H-pyrrole nitrogens is 1. The van der Waals surface area contributed by atoms with Gasteiger partial charge in [-0.05, 0) is 28.1 Å². The summed E-state index contributed by atoms with van der Waals surface area (Å²) in [5.41, 5.74) is 2.28. The number of hydrogen-bond acceptors (Lipinski definition) is 2. The molecule has 84 valence electrons. The Balaban J connectivity index is 2.47. The molecule has 0 fully saturated rings. The Hall–Kier alpha value is -1.56. The van der Waals surface area contributed by atoms with Crippen LogP contribution >= 0.6 is 15.9 Å². The number of aryl methyl sites for hydroxylation is 1. The van der Waals surface area contributed by atoms with E-state index in [1.807, 2.05) is 18.3 Å². The second-order valence-corrected chi connectivity index (χ2v) is 4.18. The number of nitrogens with one attached hydrogen (secondary N) is 1. The fraction of sp³-hybridized carbons (Fsp3) is 0.200. The summed E-state index contributed by atoms with van der Waals surface area (Å²) < 4.78 is 2.38. The van der Waals surface area contributed by atoms with E-state index in [2.05, 4.69) is 26.0 Å². The van der Waals surface area contributed by atoms with E-state index in [4.69, 9.17) is 5.11 Å². The number of nitrogens with zero attached hydrogens (tertiary/aromatic N) is 2. The number of halogens is 1. The highest BCUT2D eigenvalue weighted by atomic mass is 79.9. The van der Waals surface area contributed by atoms with Crippen LogP contribution in [-0.4, -0.2) is 25.8 Å². The molecule has 2 heterocycles. The number of aliphatic carboxylic acids is 1. The van der Waals surface area contributed by atoms with Gasteiger partial charge in [-0.1, -0.05) is 0 Å². The Kier molecular flexibility index (Phi) is 2.82. The summed E-state index contributed by atoms with van der Waals surface area (Å²) in [5.74, 6) is -0.892. The van der Waals surface area contributed by atoms with Crippen LogP contribution < -0.4 is 0 Å². The Morgan fingerprint density at radius 3 is 3.00 bits per heavy atom. The van der Waals surface area contributed by atoms with Gasteiger partial charge >= 0.3 is 5.97 Å². The van der Waals surface area contributed by atoms with Gasteiger partial charge in [-0.3, -0.25) is 9.48 Å². The molecule has 2 aromatic heterocycles. The number of rotatable bonds is 3. The van der Waals surface area contributed by atoms with Crippen LogP contribution in [0.2, 0.25) is 0 Å². The summed E-state index contributed by atoms with van der Waals surface area (Å²) in [7, 11) is 1.78. The third-order valence-electron chi connectivity index (χ3n) is 2.23. The summed E-state index contributed by atoms with van der Waals surface area (Å²) in [6, 6.07) is 3.79. The quantitative estimate of drug-likeness (QED) is 0.902. The van der Waals surface area contributed by atoms with Crippen LogP contribution in [0.5, 0.6) is 0 Å². The Bertz CT molecular complexity index is 516. The van der Waals surface area contributed by atoms with Crippen molar-refractivity contribution in [1.29, 1.82) is 0 Å². The molecule has 0 bridgehead atoms.